The lowest BCUT2D eigenvalue weighted by Gasteiger charge is -2.18. The van der Waals surface area contributed by atoms with E-state index in [9.17, 15) is 18.5 Å². The molecule has 0 heterocycles. The SMILES string of the molecule is O=[N+]([O-])c1cccc(S(=O)(=O)NCCC(c2ccccc2)c2ccccc2)c1. The molecule has 3 rings (SSSR count). The maximum Gasteiger partial charge on any atom is 0.270 e. The third kappa shape index (κ3) is 4.82. The lowest BCUT2D eigenvalue weighted by Crippen LogP contribution is -2.26. The minimum atomic E-state index is -3.83. The number of nitro benzene ring substituents is 1. The number of benzene rings is 3. The van der Waals surface area contributed by atoms with Crippen molar-refractivity contribution in [2.75, 3.05) is 6.54 Å². The van der Waals surface area contributed by atoms with Gasteiger partial charge in [0.15, 0.2) is 0 Å². The van der Waals surface area contributed by atoms with E-state index in [4.69, 9.17) is 0 Å². The average Bonchev–Trinajstić information content (AvgIpc) is 2.72. The van der Waals surface area contributed by atoms with Crippen LogP contribution < -0.4 is 4.72 Å². The second kappa shape index (κ2) is 8.77. The number of non-ortho nitro benzene ring substituents is 1. The first-order valence-electron chi connectivity index (χ1n) is 8.81. The zero-order valence-corrected chi connectivity index (χ0v) is 15.9. The summed E-state index contributed by atoms with van der Waals surface area (Å²) in [6.45, 7) is 0.208. The normalized spacial score (nSPS) is 11.5. The van der Waals surface area contributed by atoms with Gasteiger partial charge in [-0.15, -0.1) is 0 Å². The molecule has 0 bridgehead atoms. The van der Waals surface area contributed by atoms with E-state index in [2.05, 4.69) is 4.72 Å². The standard InChI is InChI=1S/C21H20N2O4S/c24-23(25)19-12-7-13-20(16-19)28(26,27)22-15-14-21(17-8-3-1-4-9-17)18-10-5-2-6-11-18/h1-13,16,21-22H,14-15H2. The molecule has 0 aliphatic rings. The summed E-state index contributed by atoms with van der Waals surface area (Å²) < 4.78 is 27.6. The first-order chi connectivity index (χ1) is 13.5. The van der Waals surface area contributed by atoms with Gasteiger partial charge in [-0.05, 0) is 23.6 Å². The van der Waals surface area contributed by atoms with Crippen LogP contribution >= 0.6 is 0 Å². The molecule has 0 aromatic heterocycles. The lowest BCUT2D eigenvalue weighted by molar-refractivity contribution is -0.385. The summed E-state index contributed by atoms with van der Waals surface area (Å²) in [5.74, 6) is 0.0372. The highest BCUT2D eigenvalue weighted by molar-refractivity contribution is 7.89. The van der Waals surface area contributed by atoms with Gasteiger partial charge < -0.3 is 0 Å². The third-order valence-corrected chi connectivity index (χ3v) is 5.93. The van der Waals surface area contributed by atoms with Crippen LogP contribution in [0.5, 0.6) is 0 Å². The molecule has 7 heteroatoms. The Morgan fingerprint density at radius 2 is 1.43 bits per heavy atom. The number of nitrogens with zero attached hydrogens (tertiary/aromatic N) is 1. The molecule has 0 atom stereocenters. The average molecular weight is 396 g/mol. The van der Waals surface area contributed by atoms with Crippen molar-refractivity contribution in [3.05, 3.63) is 106 Å². The van der Waals surface area contributed by atoms with Gasteiger partial charge in [0, 0.05) is 24.6 Å². The molecule has 0 aliphatic carbocycles. The number of sulfonamides is 1. The molecular formula is C21H20N2O4S. The van der Waals surface area contributed by atoms with Gasteiger partial charge in [-0.1, -0.05) is 66.7 Å². The Hall–Kier alpha value is -3.03. The molecular weight excluding hydrogens is 376 g/mol. The highest BCUT2D eigenvalue weighted by Gasteiger charge is 2.19. The van der Waals surface area contributed by atoms with E-state index >= 15 is 0 Å². The lowest BCUT2D eigenvalue weighted by atomic mass is 9.89. The van der Waals surface area contributed by atoms with E-state index < -0.39 is 14.9 Å². The maximum absolute atomic E-state index is 12.5. The zero-order chi connectivity index (χ0) is 20.0. The summed E-state index contributed by atoms with van der Waals surface area (Å²) in [4.78, 5) is 10.2. The van der Waals surface area contributed by atoms with Crippen molar-refractivity contribution < 1.29 is 13.3 Å². The number of hydrogen-bond donors (Lipinski definition) is 1. The van der Waals surface area contributed by atoms with Gasteiger partial charge >= 0.3 is 0 Å². The third-order valence-electron chi connectivity index (χ3n) is 4.47. The zero-order valence-electron chi connectivity index (χ0n) is 15.1. The minimum absolute atomic E-state index is 0.0372. The second-order valence-corrected chi connectivity index (χ2v) is 8.08. The molecule has 0 saturated heterocycles. The largest absolute Gasteiger partial charge is 0.270 e. The summed E-state index contributed by atoms with van der Waals surface area (Å²) in [7, 11) is -3.83. The van der Waals surface area contributed by atoms with Gasteiger partial charge in [-0.3, -0.25) is 10.1 Å². The van der Waals surface area contributed by atoms with Gasteiger partial charge in [0.05, 0.1) is 9.82 Å². The van der Waals surface area contributed by atoms with Gasteiger partial charge in [-0.2, -0.15) is 0 Å². The van der Waals surface area contributed by atoms with Crippen LogP contribution in [-0.4, -0.2) is 19.9 Å². The fourth-order valence-electron chi connectivity index (χ4n) is 3.08. The van der Waals surface area contributed by atoms with Crippen LogP contribution in [-0.2, 0) is 10.0 Å². The van der Waals surface area contributed by atoms with Crippen LogP contribution in [0.3, 0.4) is 0 Å². The Bertz CT molecular complexity index is 999. The highest BCUT2D eigenvalue weighted by Crippen LogP contribution is 2.27. The Labute approximate surface area is 164 Å². The topological polar surface area (TPSA) is 89.3 Å². The molecule has 0 aliphatic heterocycles. The van der Waals surface area contributed by atoms with Crippen molar-refractivity contribution >= 4 is 15.7 Å². The summed E-state index contributed by atoms with van der Waals surface area (Å²) in [5.41, 5.74) is 1.95. The van der Waals surface area contributed by atoms with E-state index in [0.717, 1.165) is 17.2 Å². The van der Waals surface area contributed by atoms with Gasteiger partial charge in [0.2, 0.25) is 10.0 Å². The fourth-order valence-corrected chi connectivity index (χ4v) is 4.17. The molecule has 144 valence electrons. The van der Waals surface area contributed by atoms with Crippen LogP contribution in [0.25, 0.3) is 0 Å². The van der Waals surface area contributed by atoms with Crippen LogP contribution in [0.15, 0.2) is 89.8 Å². The maximum atomic E-state index is 12.5. The van der Waals surface area contributed by atoms with E-state index in [1.807, 2.05) is 60.7 Å². The van der Waals surface area contributed by atoms with E-state index in [-0.39, 0.29) is 23.0 Å². The number of nitrogens with one attached hydrogen (secondary N) is 1. The molecule has 0 saturated carbocycles. The second-order valence-electron chi connectivity index (χ2n) is 6.31. The predicted molar refractivity (Wildman–Crippen MR) is 108 cm³/mol. The van der Waals surface area contributed by atoms with E-state index in [1.54, 1.807) is 0 Å². The van der Waals surface area contributed by atoms with E-state index in [1.165, 1.54) is 18.2 Å². The van der Waals surface area contributed by atoms with Crippen molar-refractivity contribution in [2.24, 2.45) is 0 Å². The molecule has 0 spiro atoms. The van der Waals surface area contributed by atoms with Crippen molar-refractivity contribution in [2.45, 2.75) is 17.2 Å². The first-order valence-corrected chi connectivity index (χ1v) is 10.3. The summed E-state index contributed by atoms with van der Waals surface area (Å²) in [6, 6.07) is 24.8. The van der Waals surface area contributed by atoms with Crippen LogP contribution in [0, 0.1) is 10.1 Å². The summed E-state index contributed by atoms with van der Waals surface area (Å²) >= 11 is 0. The van der Waals surface area contributed by atoms with Crippen molar-refractivity contribution in [1.82, 2.24) is 4.72 Å². The number of hydrogen-bond acceptors (Lipinski definition) is 4. The number of rotatable bonds is 8. The highest BCUT2D eigenvalue weighted by atomic mass is 32.2. The van der Waals surface area contributed by atoms with Crippen LogP contribution in [0.1, 0.15) is 23.5 Å². The van der Waals surface area contributed by atoms with Crippen LogP contribution in [0.4, 0.5) is 5.69 Å². The first kappa shape index (κ1) is 19.7. The molecule has 28 heavy (non-hydrogen) atoms. The Morgan fingerprint density at radius 3 is 1.96 bits per heavy atom. The molecule has 3 aromatic rings. The quantitative estimate of drug-likeness (QED) is 0.459. The van der Waals surface area contributed by atoms with Crippen molar-refractivity contribution in [1.29, 1.82) is 0 Å². The van der Waals surface area contributed by atoms with Gasteiger partial charge in [0.1, 0.15) is 0 Å². The molecule has 1 N–H and O–H groups in total. The summed E-state index contributed by atoms with van der Waals surface area (Å²) in [6.07, 6.45) is 0.558. The molecule has 0 fully saturated rings. The molecule has 3 aromatic carbocycles. The molecule has 6 nitrogen and oxygen atoms in total. The smallest absolute Gasteiger partial charge is 0.258 e. The minimum Gasteiger partial charge on any atom is -0.258 e. The van der Waals surface area contributed by atoms with Gasteiger partial charge in [0.25, 0.3) is 5.69 Å². The predicted octanol–water partition coefficient (Wildman–Crippen LogP) is 4.10. The number of nitro groups is 1. The molecule has 0 radical (unpaired) electrons. The Balaban J connectivity index is 1.75. The molecule has 0 amide bonds. The van der Waals surface area contributed by atoms with Crippen molar-refractivity contribution in [3.8, 4) is 0 Å². The van der Waals surface area contributed by atoms with Crippen molar-refractivity contribution in [3.63, 3.8) is 0 Å². The van der Waals surface area contributed by atoms with E-state index in [0.29, 0.717) is 6.42 Å². The molecule has 0 unspecified atom stereocenters. The van der Waals surface area contributed by atoms with Crippen LogP contribution in [0.2, 0.25) is 0 Å². The monoisotopic (exact) mass is 396 g/mol. The van der Waals surface area contributed by atoms with Gasteiger partial charge in [-0.25, -0.2) is 13.1 Å². The summed E-state index contributed by atoms with van der Waals surface area (Å²) in [5, 5.41) is 10.9. The Kier molecular flexibility index (Phi) is 6.18. The fraction of sp³-hybridized carbons (Fsp3) is 0.143. The Morgan fingerprint density at radius 1 is 0.857 bits per heavy atom.